The predicted octanol–water partition coefficient (Wildman–Crippen LogP) is 4.47. The molecule has 1 aromatic carbocycles. The van der Waals surface area contributed by atoms with Gasteiger partial charge in [0.15, 0.2) is 5.17 Å². The fraction of sp³-hybridized carbons (Fsp3) is 0.450. The summed E-state index contributed by atoms with van der Waals surface area (Å²) >= 11 is 7.38. The predicted molar refractivity (Wildman–Crippen MR) is 116 cm³/mol. The van der Waals surface area contributed by atoms with E-state index in [1.165, 1.54) is 23.9 Å². The van der Waals surface area contributed by atoms with E-state index in [1.807, 2.05) is 0 Å². The van der Waals surface area contributed by atoms with E-state index in [-0.39, 0.29) is 17.6 Å². The summed E-state index contributed by atoms with van der Waals surface area (Å²) in [4.78, 5) is 17.3. The molecule has 0 bridgehead atoms. The van der Waals surface area contributed by atoms with Crippen molar-refractivity contribution in [2.75, 3.05) is 11.1 Å². The second-order valence-corrected chi connectivity index (χ2v) is 9.25. The van der Waals surface area contributed by atoms with Crippen molar-refractivity contribution in [1.82, 2.24) is 9.88 Å². The van der Waals surface area contributed by atoms with Gasteiger partial charge in [0.25, 0.3) is 0 Å². The van der Waals surface area contributed by atoms with Gasteiger partial charge in [0.05, 0.1) is 5.52 Å². The molecule has 4 N–H and O–H groups in total. The molecule has 2 fully saturated rings. The Morgan fingerprint density at radius 2 is 1.97 bits per heavy atom. The summed E-state index contributed by atoms with van der Waals surface area (Å²) < 4.78 is 40.0. The summed E-state index contributed by atoms with van der Waals surface area (Å²) in [5.41, 5.74) is 5.11. The van der Waals surface area contributed by atoms with Crippen molar-refractivity contribution in [3.8, 4) is 0 Å². The Hall–Kier alpha value is -2.20. The normalized spacial score (nSPS) is 24.6. The first-order valence-corrected chi connectivity index (χ1v) is 11.2. The molecule has 11 heteroatoms. The quantitative estimate of drug-likeness (QED) is 0.611. The number of hydrogen-bond acceptors (Lipinski definition) is 5. The first kappa shape index (κ1) is 22.0. The summed E-state index contributed by atoms with van der Waals surface area (Å²) in [7, 11) is 0. The second-order valence-electron chi connectivity index (χ2n) is 7.81. The Morgan fingerprint density at radius 3 is 2.61 bits per heavy atom. The van der Waals surface area contributed by atoms with E-state index in [2.05, 4.69) is 10.3 Å². The van der Waals surface area contributed by atoms with Crippen molar-refractivity contribution < 1.29 is 18.0 Å². The lowest BCUT2D eigenvalue weighted by Crippen LogP contribution is -2.50. The van der Waals surface area contributed by atoms with Gasteiger partial charge in [0.2, 0.25) is 5.91 Å². The highest BCUT2D eigenvalue weighted by atomic mass is 35.5. The lowest BCUT2D eigenvalue weighted by molar-refractivity contribution is -0.140. The maximum absolute atomic E-state index is 13.3. The van der Waals surface area contributed by atoms with E-state index < -0.39 is 23.8 Å². The van der Waals surface area contributed by atoms with Gasteiger partial charge in [-0.25, -0.2) is 4.98 Å². The molecule has 1 unspecified atom stereocenters. The Bertz CT molecular complexity index is 1030. The Morgan fingerprint density at radius 1 is 1.26 bits per heavy atom. The molecule has 1 aromatic heterocycles. The number of nitrogens with zero attached hydrogens (tertiary/aromatic N) is 2. The third-order valence-electron chi connectivity index (χ3n) is 5.79. The minimum atomic E-state index is -4.56. The lowest BCUT2D eigenvalue weighted by atomic mass is 9.89. The van der Waals surface area contributed by atoms with Gasteiger partial charge in [0, 0.05) is 33.9 Å². The first-order chi connectivity index (χ1) is 14.6. The van der Waals surface area contributed by atoms with E-state index >= 15 is 0 Å². The molecule has 0 spiro atoms. The van der Waals surface area contributed by atoms with Gasteiger partial charge in [-0.15, -0.1) is 0 Å². The number of pyridine rings is 1. The largest absolute Gasteiger partial charge is 0.433 e. The van der Waals surface area contributed by atoms with Crippen LogP contribution in [-0.4, -0.2) is 44.8 Å². The van der Waals surface area contributed by atoms with Crippen LogP contribution >= 0.6 is 23.4 Å². The van der Waals surface area contributed by atoms with Crippen LogP contribution in [0.2, 0.25) is 5.02 Å². The number of carbonyl (C=O) groups excluding carboxylic acids is 1. The lowest BCUT2D eigenvalue weighted by Gasteiger charge is -2.38. The summed E-state index contributed by atoms with van der Waals surface area (Å²) in [6, 6.07) is 5.14. The minimum Gasteiger partial charge on any atom is -0.382 e. The number of halogens is 4. The average Bonchev–Trinajstić information content (AvgIpc) is 3.10. The third-order valence-corrected chi connectivity index (χ3v) is 6.99. The van der Waals surface area contributed by atoms with E-state index in [0.717, 1.165) is 6.07 Å². The van der Waals surface area contributed by atoms with Crippen molar-refractivity contribution >= 4 is 51.0 Å². The van der Waals surface area contributed by atoms with Crippen LogP contribution < -0.4 is 11.1 Å². The molecule has 2 aliphatic rings. The highest BCUT2D eigenvalue weighted by Crippen LogP contribution is 2.37. The maximum Gasteiger partial charge on any atom is 0.433 e. The van der Waals surface area contributed by atoms with E-state index in [4.69, 9.17) is 22.7 Å². The number of nitrogens with one attached hydrogen (secondary N) is 2. The molecular formula is C20H21ClF3N5OS. The van der Waals surface area contributed by atoms with Crippen LogP contribution in [0.3, 0.4) is 0 Å². The monoisotopic (exact) mass is 471 g/mol. The molecule has 31 heavy (non-hydrogen) atoms. The number of amides is 1. The Kier molecular flexibility index (Phi) is 5.95. The van der Waals surface area contributed by atoms with Gasteiger partial charge in [-0.1, -0.05) is 23.4 Å². The van der Waals surface area contributed by atoms with Gasteiger partial charge in [-0.2, -0.15) is 13.2 Å². The summed E-state index contributed by atoms with van der Waals surface area (Å²) in [6.45, 7) is 0. The second kappa shape index (κ2) is 8.38. The van der Waals surface area contributed by atoms with Gasteiger partial charge in [-0.3, -0.25) is 10.2 Å². The Balaban J connectivity index is 1.52. The smallest absolute Gasteiger partial charge is 0.382 e. The molecule has 2 heterocycles. The molecule has 4 rings (SSSR count). The number of anilines is 1. The van der Waals surface area contributed by atoms with Crippen molar-refractivity contribution in [3.63, 3.8) is 0 Å². The van der Waals surface area contributed by atoms with E-state index in [1.54, 1.807) is 11.0 Å². The number of alkyl halides is 3. The zero-order chi connectivity index (χ0) is 22.3. The van der Waals surface area contributed by atoms with Crippen molar-refractivity contribution in [2.45, 2.75) is 50.0 Å². The van der Waals surface area contributed by atoms with Crippen LogP contribution in [0.25, 0.3) is 10.9 Å². The molecule has 1 saturated carbocycles. The standard InChI is InChI=1S/C20H21ClF3N5OS/c21-10-1-6-14-13(7-10)15(8-17(28-14)20(22,23)24)27-11-2-4-12(5-3-11)29-16(18(25)30)9-31-19(29)26/h1,6-8,11-12,16,26H,2-5,9H2,(H2,25,30)(H,27,28). The zero-order valence-electron chi connectivity index (χ0n) is 16.4. The maximum atomic E-state index is 13.3. The third kappa shape index (κ3) is 4.55. The molecule has 6 nitrogen and oxygen atoms in total. The fourth-order valence-electron chi connectivity index (χ4n) is 4.27. The highest BCUT2D eigenvalue weighted by Gasteiger charge is 2.39. The number of carbonyl (C=O) groups is 1. The van der Waals surface area contributed by atoms with Crippen LogP contribution in [0.4, 0.5) is 18.9 Å². The molecule has 1 aliphatic heterocycles. The number of fused-ring (bicyclic) bond motifs is 1. The SMILES string of the molecule is N=C1SCC(C(N)=O)N1C1CCC(Nc2cc(C(F)(F)F)nc3ccc(Cl)cc23)CC1. The van der Waals surface area contributed by atoms with Crippen LogP contribution in [0.15, 0.2) is 24.3 Å². The number of primary amides is 1. The van der Waals surface area contributed by atoms with E-state index in [9.17, 15) is 18.0 Å². The summed E-state index contributed by atoms with van der Waals surface area (Å²) in [5.74, 6) is 0.0471. The number of nitrogens with two attached hydrogens (primary N) is 1. The summed E-state index contributed by atoms with van der Waals surface area (Å²) in [5, 5.41) is 12.7. The van der Waals surface area contributed by atoms with Crippen LogP contribution in [-0.2, 0) is 11.0 Å². The molecule has 1 atom stereocenters. The van der Waals surface area contributed by atoms with Gasteiger partial charge >= 0.3 is 6.18 Å². The number of hydrogen-bond donors (Lipinski definition) is 3. The number of benzene rings is 1. The molecule has 2 aromatic rings. The molecule has 1 aliphatic carbocycles. The molecule has 1 amide bonds. The van der Waals surface area contributed by atoms with Gasteiger partial charge < -0.3 is 16.0 Å². The Labute approximate surface area is 186 Å². The number of thioether (sulfide) groups is 1. The highest BCUT2D eigenvalue weighted by molar-refractivity contribution is 8.14. The van der Waals surface area contributed by atoms with Gasteiger partial charge in [0.1, 0.15) is 11.7 Å². The van der Waals surface area contributed by atoms with Crippen molar-refractivity contribution in [2.24, 2.45) is 5.73 Å². The number of rotatable bonds is 4. The average molecular weight is 472 g/mol. The van der Waals surface area contributed by atoms with Crippen LogP contribution in [0.1, 0.15) is 31.4 Å². The van der Waals surface area contributed by atoms with E-state index in [0.29, 0.717) is 52.7 Å². The molecular weight excluding hydrogens is 451 g/mol. The minimum absolute atomic E-state index is 0.0208. The molecule has 0 radical (unpaired) electrons. The van der Waals surface area contributed by atoms with Gasteiger partial charge in [-0.05, 0) is 49.9 Å². The number of amidine groups is 1. The van der Waals surface area contributed by atoms with Crippen molar-refractivity contribution in [3.05, 3.63) is 35.0 Å². The van der Waals surface area contributed by atoms with Crippen LogP contribution in [0.5, 0.6) is 0 Å². The fourth-order valence-corrected chi connectivity index (χ4v) is 5.51. The van der Waals surface area contributed by atoms with Crippen molar-refractivity contribution in [1.29, 1.82) is 5.41 Å². The number of aromatic nitrogens is 1. The topological polar surface area (TPSA) is 95.1 Å². The first-order valence-electron chi connectivity index (χ1n) is 9.86. The summed E-state index contributed by atoms with van der Waals surface area (Å²) in [6.07, 6.45) is -1.76. The molecule has 1 saturated heterocycles. The molecule has 166 valence electrons. The zero-order valence-corrected chi connectivity index (χ0v) is 17.9. The van der Waals surface area contributed by atoms with Crippen LogP contribution in [0, 0.1) is 5.41 Å².